The fourth-order valence-electron chi connectivity index (χ4n) is 8.31. The molecular formula is C52H48F3N5O10. The van der Waals surface area contributed by atoms with E-state index in [-0.39, 0.29) is 35.7 Å². The van der Waals surface area contributed by atoms with E-state index in [1.54, 1.807) is 58.4 Å². The monoisotopic (exact) mass is 959 g/mol. The zero-order chi connectivity index (χ0) is 49.6. The quantitative estimate of drug-likeness (QED) is 0.0655. The van der Waals surface area contributed by atoms with Crippen molar-refractivity contribution in [2.24, 2.45) is 11.8 Å². The lowest BCUT2D eigenvalue weighted by Gasteiger charge is -2.36. The van der Waals surface area contributed by atoms with Gasteiger partial charge in [-0.15, -0.1) is 0 Å². The predicted octanol–water partition coefficient (Wildman–Crippen LogP) is 8.75. The number of esters is 2. The highest BCUT2D eigenvalue weighted by Gasteiger charge is 2.50. The number of nitrogens with zero attached hydrogens (tertiary/aromatic N) is 3. The normalized spacial score (nSPS) is 17.0. The number of hydrogen-bond acceptors (Lipinski definition) is 12. The van der Waals surface area contributed by atoms with Gasteiger partial charge in [0.05, 0.1) is 55.9 Å². The molecule has 15 nitrogen and oxygen atoms in total. The highest BCUT2D eigenvalue weighted by Crippen LogP contribution is 2.44. The summed E-state index contributed by atoms with van der Waals surface area (Å²) in [7, 11) is 3.13. The first kappa shape index (κ1) is 48.6. The summed E-state index contributed by atoms with van der Waals surface area (Å²) in [5, 5.41) is 2.57. The Bertz CT molecular complexity index is 2950. The maximum atomic E-state index is 14.1. The second-order valence-corrected chi connectivity index (χ2v) is 16.7. The minimum atomic E-state index is -4.78. The first-order chi connectivity index (χ1) is 33.7. The molecule has 8 rings (SSSR count). The van der Waals surface area contributed by atoms with Crippen LogP contribution in [-0.2, 0) is 35.5 Å². The molecule has 362 valence electrons. The van der Waals surface area contributed by atoms with Crippen molar-refractivity contribution in [3.63, 3.8) is 0 Å². The number of benzene rings is 5. The van der Waals surface area contributed by atoms with Gasteiger partial charge in [0.25, 0.3) is 5.56 Å². The van der Waals surface area contributed by atoms with Crippen molar-refractivity contribution in [3.8, 4) is 11.5 Å². The van der Waals surface area contributed by atoms with E-state index in [1.165, 1.54) is 17.0 Å². The average molecular weight is 960 g/mol. The SMILES string of the molecule is COc1ccc(C(OCC[C@H]2O[C@@H](n3cnc4c(=O)[nH]c(NC(=O)C(C)C)nc43)[C@H](OC(=O)c3cccc(C(F)(F)F)c3)[C@@H]2COC(=O)c2ccccc2)(c2ccccc2)c2ccc(OC)cc2)cc1. The zero-order valence-electron chi connectivity index (χ0n) is 38.3. The molecule has 0 aliphatic carbocycles. The molecule has 5 aromatic carbocycles. The van der Waals surface area contributed by atoms with Crippen LogP contribution in [0.1, 0.15) is 69.5 Å². The van der Waals surface area contributed by atoms with E-state index < -0.39 is 83.2 Å². The number of anilines is 1. The molecule has 2 N–H and O–H groups in total. The lowest BCUT2D eigenvalue weighted by Crippen LogP contribution is -2.37. The lowest BCUT2D eigenvalue weighted by atomic mass is 9.80. The summed E-state index contributed by atoms with van der Waals surface area (Å²) in [6.07, 6.45) is -7.33. The fourth-order valence-corrected chi connectivity index (χ4v) is 8.31. The van der Waals surface area contributed by atoms with Crippen LogP contribution in [0.25, 0.3) is 11.2 Å². The molecule has 1 amide bonds. The second kappa shape index (κ2) is 20.8. The van der Waals surface area contributed by atoms with Crippen molar-refractivity contribution in [2.75, 3.05) is 32.8 Å². The average Bonchev–Trinajstić information content (AvgIpc) is 3.95. The van der Waals surface area contributed by atoms with Crippen LogP contribution in [0.3, 0.4) is 0 Å². The van der Waals surface area contributed by atoms with Crippen molar-refractivity contribution >= 4 is 35.0 Å². The molecule has 1 saturated heterocycles. The number of amides is 1. The highest BCUT2D eigenvalue weighted by atomic mass is 19.4. The second-order valence-electron chi connectivity index (χ2n) is 16.7. The Hall–Kier alpha value is -7.83. The molecule has 4 atom stereocenters. The zero-order valence-corrected chi connectivity index (χ0v) is 38.3. The lowest BCUT2D eigenvalue weighted by molar-refractivity contribution is -0.137. The van der Waals surface area contributed by atoms with Gasteiger partial charge in [-0.25, -0.2) is 14.6 Å². The number of ether oxygens (including phenoxy) is 6. The van der Waals surface area contributed by atoms with Gasteiger partial charge < -0.3 is 28.4 Å². The van der Waals surface area contributed by atoms with Crippen molar-refractivity contribution in [1.82, 2.24) is 19.5 Å². The van der Waals surface area contributed by atoms with E-state index in [4.69, 9.17) is 28.4 Å². The Morgan fingerprint density at radius 2 is 1.36 bits per heavy atom. The summed E-state index contributed by atoms with van der Waals surface area (Å²) in [5.41, 5.74) is -1.30. The molecular weight excluding hydrogens is 912 g/mol. The molecule has 0 bridgehead atoms. The number of aromatic amines is 1. The number of nitrogens with one attached hydrogen (secondary N) is 2. The van der Waals surface area contributed by atoms with Gasteiger partial charge in [-0.2, -0.15) is 18.2 Å². The van der Waals surface area contributed by atoms with Crippen LogP contribution in [0, 0.1) is 11.8 Å². The van der Waals surface area contributed by atoms with Gasteiger partial charge in [0.1, 0.15) is 23.7 Å². The van der Waals surface area contributed by atoms with Crippen molar-refractivity contribution < 1.29 is 56.0 Å². The third kappa shape index (κ3) is 10.3. The number of carbonyl (C=O) groups is 3. The molecule has 18 heteroatoms. The third-order valence-corrected chi connectivity index (χ3v) is 11.9. The smallest absolute Gasteiger partial charge is 0.416 e. The standard InChI is InChI=1S/C52H48F3N5O10/c1-31(2)45(61)58-50-57-44-42(46(62)59-50)56-30-60(44)47-43(70-49(64)33-14-11-17-37(28-33)52(53,54)55)40(29-67-48(63)32-12-7-5-8-13-32)41(69-47)26-27-68-51(34-15-9-6-10-16-34,35-18-22-38(65-3)23-19-35)36-20-24-39(66-4)25-21-36/h5-25,28,30-31,40-41,43,47H,26-27,29H2,1-4H3,(H2,57,58,59,61,62)/t40-,41-,43-,47-/m1/s1. The number of rotatable bonds is 17. The molecule has 1 aliphatic heterocycles. The predicted molar refractivity (Wildman–Crippen MR) is 249 cm³/mol. The first-order valence-electron chi connectivity index (χ1n) is 22.2. The molecule has 1 aliphatic rings. The Kier molecular flexibility index (Phi) is 14.5. The van der Waals surface area contributed by atoms with E-state index >= 15 is 0 Å². The van der Waals surface area contributed by atoms with Gasteiger partial charge in [-0.3, -0.25) is 24.5 Å². The van der Waals surface area contributed by atoms with Gasteiger partial charge in [0.2, 0.25) is 11.9 Å². The maximum Gasteiger partial charge on any atom is 0.416 e. The van der Waals surface area contributed by atoms with Crippen LogP contribution in [0.5, 0.6) is 11.5 Å². The van der Waals surface area contributed by atoms with Crippen LogP contribution in [0.2, 0.25) is 0 Å². The third-order valence-electron chi connectivity index (χ3n) is 11.9. The highest BCUT2D eigenvalue weighted by molar-refractivity contribution is 5.91. The van der Waals surface area contributed by atoms with Crippen LogP contribution in [-0.4, -0.2) is 77.0 Å². The summed E-state index contributed by atoms with van der Waals surface area (Å²) in [5.74, 6) is -2.82. The molecule has 2 aromatic heterocycles. The number of halogens is 3. The van der Waals surface area contributed by atoms with E-state index in [1.807, 2.05) is 78.9 Å². The largest absolute Gasteiger partial charge is 0.497 e. The van der Waals surface area contributed by atoms with E-state index in [0.717, 1.165) is 28.8 Å². The van der Waals surface area contributed by atoms with Crippen molar-refractivity contribution in [2.45, 2.75) is 50.5 Å². The maximum absolute atomic E-state index is 14.1. The van der Waals surface area contributed by atoms with Crippen LogP contribution in [0.15, 0.2) is 145 Å². The number of carbonyl (C=O) groups excluding carboxylic acids is 3. The molecule has 0 spiro atoms. The number of alkyl halides is 3. The Morgan fingerprint density at radius 3 is 1.96 bits per heavy atom. The molecule has 3 heterocycles. The Morgan fingerprint density at radius 1 is 0.771 bits per heavy atom. The minimum absolute atomic E-state index is 0.0406. The number of hydrogen-bond donors (Lipinski definition) is 2. The van der Waals surface area contributed by atoms with Gasteiger partial charge in [-0.05, 0) is 77.7 Å². The van der Waals surface area contributed by atoms with Crippen LogP contribution in [0.4, 0.5) is 19.1 Å². The minimum Gasteiger partial charge on any atom is -0.497 e. The molecule has 0 unspecified atom stereocenters. The molecule has 0 saturated carbocycles. The van der Waals surface area contributed by atoms with E-state index in [0.29, 0.717) is 17.6 Å². The van der Waals surface area contributed by atoms with E-state index in [9.17, 15) is 32.3 Å². The van der Waals surface area contributed by atoms with Crippen LogP contribution >= 0.6 is 0 Å². The van der Waals surface area contributed by atoms with Crippen LogP contribution < -0.4 is 20.3 Å². The summed E-state index contributed by atoms with van der Waals surface area (Å²) >= 11 is 0. The van der Waals surface area contributed by atoms with Gasteiger partial charge in [0.15, 0.2) is 23.5 Å². The molecule has 0 radical (unpaired) electrons. The van der Waals surface area contributed by atoms with Crippen molar-refractivity contribution in [1.29, 1.82) is 0 Å². The topological polar surface area (TPSA) is 182 Å². The number of methoxy groups -OCH3 is 2. The fraction of sp³-hybridized carbons (Fsp3) is 0.269. The Labute approximate surface area is 399 Å². The number of H-pyrrole nitrogens is 1. The molecule has 70 heavy (non-hydrogen) atoms. The number of fused-ring (bicyclic) bond motifs is 1. The molecule has 1 fully saturated rings. The Balaban J connectivity index is 1.22. The summed E-state index contributed by atoms with van der Waals surface area (Å²) in [6.45, 7) is 2.82. The van der Waals surface area contributed by atoms with Gasteiger partial charge in [0, 0.05) is 5.92 Å². The summed E-state index contributed by atoms with van der Waals surface area (Å²) < 4.78 is 80.2. The van der Waals surface area contributed by atoms with Gasteiger partial charge >= 0.3 is 18.1 Å². The first-order valence-corrected chi connectivity index (χ1v) is 22.2. The number of imidazole rings is 1. The van der Waals surface area contributed by atoms with Crippen molar-refractivity contribution in [3.05, 3.63) is 184 Å². The molecule has 7 aromatic rings. The number of aromatic nitrogens is 4. The summed E-state index contributed by atoms with van der Waals surface area (Å²) in [4.78, 5) is 65.1. The van der Waals surface area contributed by atoms with Gasteiger partial charge in [-0.1, -0.05) is 92.7 Å². The van der Waals surface area contributed by atoms with E-state index in [2.05, 4.69) is 20.3 Å². The summed E-state index contributed by atoms with van der Waals surface area (Å²) in [6, 6.07) is 36.3.